The van der Waals surface area contributed by atoms with Crippen LogP contribution in [0.5, 0.6) is 0 Å². The van der Waals surface area contributed by atoms with Crippen LogP contribution in [0.4, 0.5) is 0 Å². The highest BCUT2D eigenvalue weighted by molar-refractivity contribution is 7.90. The Balaban J connectivity index is 2.96. The Bertz CT molecular complexity index is 228. The minimum atomic E-state index is 0.806. The third-order valence-corrected chi connectivity index (χ3v) is 1.63. The molecule has 0 radical (unpaired) electrons. The summed E-state index contributed by atoms with van der Waals surface area (Å²) in [5, 5.41) is 0. The number of nitrogens with two attached hydrogens (primary N) is 1. The van der Waals surface area contributed by atoms with E-state index in [4.69, 9.17) is 5.73 Å². The fourth-order valence-electron chi connectivity index (χ4n) is 0.705. The molecule has 0 heterocycles. The highest BCUT2D eigenvalue weighted by Crippen LogP contribution is 2.15. The maximum Gasteiger partial charge on any atom is 0.0268 e. The van der Waals surface area contributed by atoms with Crippen LogP contribution in [0, 0.1) is 0 Å². The van der Waals surface area contributed by atoms with Gasteiger partial charge in [-0.05, 0) is 5.56 Å². The van der Waals surface area contributed by atoms with E-state index in [0.717, 1.165) is 10.5 Å². The molecule has 2 N–H and O–H groups in total. The average molecular weight is 151 g/mol. The van der Waals surface area contributed by atoms with Crippen LogP contribution in [0.25, 0.3) is 4.91 Å². The molecular weight excluding hydrogens is 142 g/mol. The number of hydrogen-bond donors (Lipinski definition) is 2. The van der Waals surface area contributed by atoms with Crippen molar-refractivity contribution in [2.75, 3.05) is 0 Å². The second-order valence-corrected chi connectivity index (χ2v) is 2.40. The van der Waals surface area contributed by atoms with Crippen molar-refractivity contribution in [1.82, 2.24) is 0 Å². The first-order chi connectivity index (χ1) is 4.84. The number of hydrogen-bond acceptors (Lipinski definition) is 2. The fraction of sp³-hybridized carbons (Fsp3) is 0. The van der Waals surface area contributed by atoms with Crippen molar-refractivity contribution < 1.29 is 0 Å². The van der Waals surface area contributed by atoms with E-state index in [-0.39, 0.29) is 0 Å². The second kappa shape index (κ2) is 3.32. The molecule has 1 nitrogen and oxygen atoms in total. The molecule has 0 fully saturated rings. The van der Waals surface area contributed by atoms with E-state index >= 15 is 0 Å². The van der Waals surface area contributed by atoms with Gasteiger partial charge in [-0.25, -0.2) is 0 Å². The minimum absolute atomic E-state index is 0.806. The molecule has 0 saturated heterocycles. The topological polar surface area (TPSA) is 26.0 Å². The monoisotopic (exact) mass is 151 g/mol. The summed E-state index contributed by atoms with van der Waals surface area (Å²) in [6.07, 6.45) is 1.48. The molecular formula is C8H9NS. The third kappa shape index (κ3) is 1.54. The van der Waals surface area contributed by atoms with Crippen molar-refractivity contribution in [2.24, 2.45) is 5.73 Å². The summed E-state index contributed by atoms with van der Waals surface area (Å²) >= 11 is 4.16. The molecule has 1 rings (SSSR count). The normalized spacial score (nSPS) is 11.5. The molecule has 1 aromatic carbocycles. The van der Waals surface area contributed by atoms with Crippen molar-refractivity contribution in [2.45, 2.75) is 0 Å². The van der Waals surface area contributed by atoms with Crippen molar-refractivity contribution in [3.8, 4) is 0 Å². The number of thiol groups is 1. The highest BCUT2D eigenvalue weighted by atomic mass is 32.1. The van der Waals surface area contributed by atoms with Gasteiger partial charge in [0.2, 0.25) is 0 Å². The summed E-state index contributed by atoms with van der Waals surface area (Å²) in [6, 6.07) is 9.79. The van der Waals surface area contributed by atoms with Gasteiger partial charge in [0.15, 0.2) is 0 Å². The van der Waals surface area contributed by atoms with Crippen LogP contribution in [-0.2, 0) is 0 Å². The standard InChI is InChI=1S/C8H9NS/c9-6-8(10)7-4-2-1-3-5-7/h1-6,10H,9H2/b8-6-. The maximum absolute atomic E-state index is 5.27. The average Bonchev–Trinajstić information content (AvgIpc) is 2.05. The molecule has 0 unspecified atom stereocenters. The zero-order valence-electron chi connectivity index (χ0n) is 5.49. The molecule has 0 aliphatic carbocycles. The Hall–Kier alpha value is -0.890. The van der Waals surface area contributed by atoms with Gasteiger partial charge in [-0.3, -0.25) is 0 Å². The predicted molar refractivity (Wildman–Crippen MR) is 47.6 cm³/mol. The summed E-state index contributed by atoms with van der Waals surface area (Å²) in [5.41, 5.74) is 6.32. The lowest BCUT2D eigenvalue weighted by molar-refractivity contribution is 1.59. The molecule has 0 saturated carbocycles. The van der Waals surface area contributed by atoms with Gasteiger partial charge in [0, 0.05) is 11.1 Å². The Kier molecular flexibility index (Phi) is 2.40. The maximum atomic E-state index is 5.27. The molecule has 10 heavy (non-hydrogen) atoms. The van der Waals surface area contributed by atoms with Crippen molar-refractivity contribution in [3.05, 3.63) is 42.1 Å². The van der Waals surface area contributed by atoms with E-state index in [1.165, 1.54) is 6.20 Å². The summed E-state index contributed by atoms with van der Waals surface area (Å²) in [7, 11) is 0. The van der Waals surface area contributed by atoms with E-state index in [0.29, 0.717) is 0 Å². The van der Waals surface area contributed by atoms with Crippen LogP contribution in [0.3, 0.4) is 0 Å². The van der Waals surface area contributed by atoms with Gasteiger partial charge in [0.05, 0.1) is 0 Å². The summed E-state index contributed by atoms with van der Waals surface area (Å²) in [4.78, 5) is 0.806. The molecule has 0 spiro atoms. The Morgan fingerprint density at radius 3 is 2.40 bits per heavy atom. The van der Waals surface area contributed by atoms with Crippen LogP contribution >= 0.6 is 12.6 Å². The molecule has 0 aromatic heterocycles. The Morgan fingerprint density at radius 1 is 1.30 bits per heavy atom. The van der Waals surface area contributed by atoms with Crippen LogP contribution in [-0.4, -0.2) is 0 Å². The zero-order chi connectivity index (χ0) is 7.40. The number of benzene rings is 1. The highest BCUT2D eigenvalue weighted by Gasteiger charge is 1.90. The first-order valence-corrected chi connectivity index (χ1v) is 3.45. The van der Waals surface area contributed by atoms with Gasteiger partial charge in [0.25, 0.3) is 0 Å². The molecule has 2 heteroatoms. The SMILES string of the molecule is N/C=C(\S)c1ccccc1. The summed E-state index contributed by atoms with van der Waals surface area (Å²) in [5.74, 6) is 0. The molecule has 0 atom stereocenters. The summed E-state index contributed by atoms with van der Waals surface area (Å²) < 4.78 is 0. The molecule has 0 aliphatic rings. The lowest BCUT2D eigenvalue weighted by Crippen LogP contribution is -1.81. The first kappa shape index (κ1) is 7.22. The molecule has 0 aliphatic heterocycles. The minimum Gasteiger partial charge on any atom is -0.404 e. The smallest absolute Gasteiger partial charge is 0.0268 e. The van der Waals surface area contributed by atoms with Crippen LogP contribution in [0.15, 0.2) is 36.5 Å². The first-order valence-electron chi connectivity index (χ1n) is 3.01. The zero-order valence-corrected chi connectivity index (χ0v) is 6.38. The van der Waals surface area contributed by atoms with Crippen LogP contribution in [0.1, 0.15) is 5.56 Å². The second-order valence-electron chi connectivity index (χ2n) is 1.92. The predicted octanol–water partition coefficient (Wildman–Crippen LogP) is 1.87. The van der Waals surface area contributed by atoms with Gasteiger partial charge in [-0.2, -0.15) is 0 Å². The Morgan fingerprint density at radius 2 is 1.90 bits per heavy atom. The van der Waals surface area contributed by atoms with E-state index in [2.05, 4.69) is 12.6 Å². The van der Waals surface area contributed by atoms with Gasteiger partial charge in [-0.1, -0.05) is 30.3 Å². The Labute approximate surface area is 66.0 Å². The fourth-order valence-corrected chi connectivity index (χ4v) is 0.854. The van der Waals surface area contributed by atoms with Gasteiger partial charge >= 0.3 is 0 Å². The van der Waals surface area contributed by atoms with Crippen molar-refractivity contribution >= 4 is 17.5 Å². The van der Waals surface area contributed by atoms with E-state index in [1.54, 1.807) is 0 Å². The molecule has 0 bridgehead atoms. The van der Waals surface area contributed by atoms with E-state index < -0.39 is 0 Å². The van der Waals surface area contributed by atoms with Crippen LogP contribution < -0.4 is 5.73 Å². The lowest BCUT2D eigenvalue weighted by atomic mass is 10.2. The van der Waals surface area contributed by atoms with Crippen molar-refractivity contribution in [3.63, 3.8) is 0 Å². The van der Waals surface area contributed by atoms with E-state index in [9.17, 15) is 0 Å². The molecule has 0 amide bonds. The third-order valence-electron chi connectivity index (χ3n) is 1.23. The largest absolute Gasteiger partial charge is 0.404 e. The van der Waals surface area contributed by atoms with Gasteiger partial charge < -0.3 is 5.73 Å². The van der Waals surface area contributed by atoms with E-state index in [1.807, 2.05) is 30.3 Å². The lowest BCUT2D eigenvalue weighted by Gasteiger charge is -1.95. The van der Waals surface area contributed by atoms with Crippen LogP contribution in [0.2, 0.25) is 0 Å². The van der Waals surface area contributed by atoms with Gasteiger partial charge in [0.1, 0.15) is 0 Å². The number of rotatable bonds is 1. The quantitative estimate of drug-likeness (QED) is 0.589. The summed E-state index contributed by atoms with van der Waals surface area (Å²) in [6.45, 7) is 0. The van der Waals surface area contributed by atoms with Crippen molar-refractivity contribution in [1.29, 1.82) is 0 Å². The molecule has 1 aromatic rings. The molecule has 52 valence electrons. The van der Waals surface area contributed by atoms with Gasteiger partial charge in [-0.15, -0.1) is 12.6 Å².